The molecule has 0 atom stereocenters. The predicted octanol–water partition coefficient (Wildman–Crippen LogP) is 0.374. The molecule has 0 aromatic carbocycles. The van der Waals surface area contributed by atoms with Crippen LogP contribution in [0.25, 0.3) is 0 Å². The third-order valence-electron chi connectivity index (χ3n) is 0.575. The minimum Gasteiger partial charge on any atom is -0.481 e. The summed E-state index contributed by atoms with van der Waals surface area (Å²) in [6.07, 6.45) is 0. The fraction of sp³-hybridized carbons (Fsp3) is 0.500. The van der Waals surface area contributed by atoms with E-state index in [0.717, 1.165) is 13.8 Å². The molecule has 0 bridgehead atoms. The summed E-state index contributed by atoms with van der Waals surface area (Å²) in [6, 6.07) is 0. The molecule has 0 aromatic rings. The molecule has 0 saturated heterocycles. The lowest BCUT2D eigenvalue weighted by atomic mass is 10.7. The Hall–Kier alpha value is -2.78. The number of carboxylic acids is 2. The smallest absolute Gasteiger partial charge is 0.310 e. The molecule has 0 rings (SSSR count). The van der Waals surface area contributed by atoms with E-state index >= 15 is 0 Å². The maximum absolute atomic E-state index is 9.81. The Balaban J connectivity index is -0.000000102. The van der Waals surface area contributed by atoms with E-state index in [1.54, 1.807) is 0 Å². The molecule has 0 radical (unpaired) electrons. The molecule has 10 heteroatoms. The molecule has 0 spiro atoms. The minimum absolute atomic E-state index is 0.562. The van der Waals surface area contributed by atoms with Gasteiger partial charge in [-0.2, -0.15) is 0 Å². The number of carbonyl (C=O) groups is 6. The van der Waals surface area contributed by atoms with Gasteiger partial charge in [0.2, 0.25) is 0 Å². The van der Waals surface area contributed by atoms with Crippen molar-refractivity contribution in [2.24, 2.45) is 0 Å². The lowest BCUT2D eigenvalue weighted by Crippen LogP contribution is -2.03. The van der Waals surface area contributed by atoms with Gasteiger partial charge in [-0.05, 0) is 0 Å². The Morgan fingerprint density at radius 1 is 0.500 bits per heavy atom. The molecular formula is C12H20O10. The van der Waals surface area contributed by atoms with E-state index in [9.17, 15) is 19.2 Å². The third kappa shape index (κ3) is 166. The highest BCUT2D eigenvalue weighted by molar-refractivity contribution is 5.82. The second kappa shape index (κ2) is 18.2. The second-order valence-electron chi connectivity index (χ2n) is 3.21. The van der Waals surface area contributed by atoms with Crippen molar-refractivity contribution >= 4 is 35.8 Å². The van der Waals surface area contributed by atoms with Crippen molar-refractivity contribution in [3.05, 3.63) is 0 Å². The van der Waals surface area contributed by atoms with Gasteiger partial charge >= 0.3 is 23.9 Å². The maximum Gasteiger partial charge on any atom is 0.310 e. The zero-order chi connectivity index (χ0) is 18.9. The number of hydrogen-bond donors (Lipinski definition) is 2. The van der Waals surface area contributed by atoms with Crippen molar-refractivity contribution in [1.29, 1.82) is 0 Å². The molecule has 0 fully saturated rings. The van der Waals surface area contributed by atoms with Gasteiger partial charge in [-0.25, -0.2) is 0 Å². The number of esters is 4. The number of aliphatic carboxylic acids is 2. The summed E-state index contributed by atoms with van der Waals surface area (Å²) in [5.74, 6) is -3.92. The topological polar surface area (TPSA) is 161 Å². The normalized spacial score (nSPS) is 7.18. The summed E-state index contributed by atoms with van der Waals surface area (Å²) >= 11 is 0. The van der Waals surface area contributed by atoms with Crippen molar-refractivity contribution in [3.8, 4) is 0 Å². The first-order valence-corrected chi connectivity index (χ1v) is 5.49. The summed E-state index contributed by atoms with van der Waals surface area (Å²) in [7, 11) is 0. The molecule has 0 aromatic heterocycles. The molecule has 0 aliphatic carbocycles. The quantitative estimate of drug-likeness (QED) is 0.470. The Labute approximate surface area is 127 Å². The number of carboxylic acid groups (broad SMARTS) is 2. The zero-order valence-corrected chi connectivity index (χ0v) is 13.2. The average Bonchev–Trinajstić information content (AvgIpc) is 2.10. The van der Waals surface area contributed by atoms with Gasteiger partial charge in [-0.1, -0.05) is 0 Å². The fourth-order valence-electron chi connectivity index (χ4n) is 0.405. The molecule has 10 nitrogen and oxygen atoms in total. The monoisotopic (exact) mass is 324 g/mol. The molecule has 0 unspecified atom stereocenters. The highest BCUT2D eigenvalue weighted by atomic mass is 16.6. The van der Waals surface area contributed by atoms with Gasteiger partial charge in [0.25, 0.3) is 11.9 Å². The van der Waals surface area contributed by atoms with Gasteiger partial charge in [0.1, 0.15) is 0 Å². The van der Waals surface area contributed by atoms with Crippen LogP contribution in [0.1, 0.15) is 41.5 Å². The Morgan fingerprint density at radius 2 is 0.591 bits per heavy atom. The number of rotatable bonds is 0. The number of carbonyl (C=O) groups excluding carboxylic acids is 4. The molecule has 128 valence electrons. The summed E-state index contributed by atoms with van der Waals surface area (Å²) in [4.78, 5) is 57.2. The summed E-state index contributed by atoms with van der Waals surface area (Å²) in [5.41, 5.74) is 0. The van der Waals surface area contributed by atoms with Gasteiger partial charge < -0.3 is 19.7 Å². The van der Waals surface area contributed by atoms with E-state index < -0.39 is 35.8 Å². The van der Waals surface area contributed by atoms with Crippen LogP contribution in [0.2, 0.25) is 0 Å². The van der Waals surface area contributed by atoms with E-state index in [1.807, 2.05) is 0 Å². The van der Waals surface area contributed by atoms with Crippen LogP contribution in [0.5, 0.6) is 0 Å². The molecular weight excluding hydrogens is 304 g/mol. The van der Waals surface area contributed by atoms with Gasteiger partial charge in [-0.15, -0.1) is 0 Å². The molecule has 0 aliphatic rings. The SMILES string of the molecule is CC(=O)O.CC(=O)O.CC(=O)OC(C)=O.CC(=O)OC(C)=O. The summed E-state index contributed by atoms with van der Waals surface area (Å²) < 4.78 is 7.94. The zero-order valence-electron chi connectivity index (χ0n) is 13.2. The summed E-state index contributed by atoms with van der Waals surface area (Å²) in [5, 5.41) is 14.8. The van der Waals surface area contributed by atoms with Crippen LogP contribution in [0.4, 0.5) is 0 Å². The fourth-order valence-corrected chi connectivity index (χ4v) is 0.405. The average molecular weight is 324 g/mol. The third-order valence-corrected chi connectivity index (χ3v) is 0.575. The van der Waals surface area contributed by atoms with Gasteiger partial charge in [0.15, 0.2) is 0 Å². The molecule has 0 heterocycles. The molecule has 0 saturated carbocycles. The van der Waals surface area contributed by atoms with Crippen LogP contribution in [0, 0.1) is 0 Å². The Kier molecular flexibility index (Phi) is 22.8. The standard InChI is InChI=1S/2C4H6O3.2C2H4O2/c2*1-3(5)7-4(2)6;2*1-2(3)4/h2*1-2H3;2*1H3,(H,3,4). The first-order chi connectivity index (χ1) is 9.72. The van der Waals surface area contributed by atoms with Crippen molar-refractivity contribution in [1.82, 2.24) is 0 Å². The van der Waals surface area contributed by atoms with Gasteiger partial charge in [-0.3, -0.25) is 28.8 Å². The lowest BCUT2D eigenvalue weighted by Gasteiger charge is -1.87. The van der Waals surface area contributed by atoms with E-state index in [1.165, 1.54) is 27.7 Å². The van der Waals surface area contributed by atoms with Crippen LogP contribution < -0.4 is 0 Å². The lowest BCUT2D eigenvalue weighted by molar-refractivity contribution is -0.158. The van der Waals surface area contributed by atoms with E-state index in [4.69, 9.17) is 19.8 Å². The largest absolute Gasteiger partial charge is 0.481 e. The second-order valence-corrected chi connectivity index (χ2v) is 3.21. The van der Waals surface area contributed by atoms with Crippen LogP contribution in [-0.2, 0) is 38.2 Å². The van der Waals surface area contributed by atoms with Crippen LogP contribution in [-0.4, -0.2) is 46.0 Å². The molecule has 0 amide bonds. The van der Waals surface area contributed by atoms with Gasteiger partial charge in [0, 0.05) is 41.5 Å². The van der Waals surface area contributed by atoms with Crippen LogP contribution >= 0.6 is 0 Å². The maximum atomic E-state index is 9.81. The van der Waals surface area contributed by atoms with Crippen molar-refractivity contribution in [3.63, 3.8) is 0 Å². The number of ether oxygens (including phenoxy) is 2. The van der Waals surface area contributed by atoms with Crippen molar-refractivity contribution in [2.45, 2.75) is 41.5 Å². The Morgan fingerprint density at radius 3 is 0.591 bits per heavy atom. The van der Waals surface area contributed by atoms with Gasteiger partial charge in [0.05, 0.1) is 0 Å². The van der Waals surface area contributed by atoms with E-state index in [-0.39, 0.29) is 0 Å². The molecule has 22 heavy (non-hydrogen) atoms. The molecule has 0 aliphatic heterocycles. The first-order valence-electron chi connectivity index (χ1n) is 5.49. The van der Waals surface area contributed by atoms with Crippen molar-refractivity contribution in [2.75, 3.05) is 0 Å². The first kappa shape index (κ1) is 27.5. The van der Waals surface area contributed by atoms with Crippen molar-refractivity contribution < 1.29 is 48.5 Å². The van der Waals surface area contributed by atoms with Crippen LogP contribution in [0.15, 0.2) is 0 Å². The molecule has 2 N–H and O–H groups in total. The highest BCUT2D eigenvalue weighted by Crippen LogP contribution is 1.74. The summed E-state index contributed by atoms with van der Waals surface area (Å²) in [6.45, 7) is 6.89. The predicted molar refractivity (Wildman–Crippen MR) is 71.5 cm³/mol. The van der Waals surface area contributed by atoms with E-state index in [0.29, 0.717) is 0 Å². The van der Waals surface area contributed by atoms with E-state index in [2.05, 4.69) is 9.47 Å². The highest BCUT2D eigenvalue weighted by Gasteiger charge is 1.94. The van der Waals surface area contributed by atoms with Crippen LogP contribution in [0.3, 0.4) is 0 Å². The Bertz CT molecular complexity index is 327. The minimum atomic E-state index is -0.833. The number of hydrogen-bond acceptors (Lipinski definition) is 8.